The minimum Gasteiger partial charge on any atom is -0.355 e. The highest BCUT2D eigenvalue weighted by Crippen LogP contribution is 2.24. The van der Waals surface area contributed by atoms with Crippen LogP contribution >= 0.6 is 11.3 Å². The molecule has 112 valence electrons. The number of carbonyl (C=O) groups is 1. The van der Waals surface area contributed by atoms with Crippen molar-refractivity contribution < 1.29 is 4.79 Å². The average Bonchev–Trinajstić information content (AvgIpc) is 2.96. The van der Waals surface area contributed by atoms with Crippen molar-refractivity contribution in [3.8, 4) is 0 Å². The van der Waals surface area contributed by atoms with Gasteiger partial charge in [-0.15, -0.1) is 11.3 Å². The van der Waals surface area contributed by atoms with E-state index in [1.807, 2.05) is 41.9 Å². The van der Waals surface area contributed by atoms with Crippen LogP contribution in [0, 0.1) is 0 Å². The number of hydrogen-bond donors (Lipinski definition) is 1. The lowest BCUT2D eigenvalue weighted by molar-refractivity contribution is -0.127. The summed E-state index contributed by atoms with van der Waals surface area (Å²) >= 11 is 1.64. The standard InChI is InChI=1S/C17H17N3OS/c1-20(2)17(21)9-12-3-5-13(6-4-12)19-14-7-8-16-15(10-14)18-11-22-16/h3-8,10-11,19H,9H2,1-2H3. The van der Waals surface area contributed by atoms with Crippen molar-refractivity contribution in [2.24, 2.45) is 0 Å². The van der Waals surface area contributed by atoms with Gasteiger partial charge in [-0.1, -0.05) is 12.1 Å². The number of hydrogen-bond acceptors (Lipinski definition) is 4. The summed E-state index contributed by atoms with van der Waals surface area (Å²) < 4.78 is 1.18. The molecule has 2 aromatic carbocycles. The number of benzene rings is 2. The maximum atomic E-state index is 11.7. The zero-order valence-electron chi connectivity index (χ0n) is 12.5. The molecule has 0 radical (unpaired) electrons. The summed E-state index contributed by atoms with van der Waals surface area (Å²) in [5.74, 6) is 0.106. The van der Waals surface area contributed by atoms with E-state index in [1.165, 1.54) is 4.70 Å². The third kappa shape index (κ3) is 3.26. The Labute approximate surface area is 133 Å². The molecule has 22 heavy (non-hydrogen) atoms. The van der Waals surface area contributed by atoms with Gasteiger partial charge in [0.2, 0.25) is 5.91 Å². The maximum absolute atomic E-state index is 11.7. The van der Waals surface area contributed by atoms with Crippen LogP contribution in [0.4, 0.5) is 11.4 Å². The van der Waals surface area contributed by atoms with Crippen LogP contribution in [0.15, 0.2) is 48.0 Å². The van der Waals surface area contributed by atoms with Crippen molar-refractivity contribution >= 4 is 38.8 Å². The molecule has 5 heteroatoms. The van der Waals surface area contributed by atoms with Crippen LogP contribution < -0.4 is 5.32 Å². The lowest BCUT2D eigenvalue weighted by Crippen LogP contribution is -2.23. The van der Waals surface area contributed by atoms with Crippen molar-refractivity contribution in [2.75, 3.05) is 19.4 Å². The van der Waals surface area contributed by atoms with E-state index >= 15 is 0 Å². The fraction of sp³-hybridized carbons (Fsp3) is 0.176. The lowest BCUT2D eigenvalue weighted by atomic mass is 10.1. The van der Waals surface area contributed by atoms with Gasteiger partial charge in [-0.25, -0.2) is 4.98 Å². The van der Waals surface area contributed by atoms with Gasteiger partial charge in [0.1, 0.15) is 0 Å². The Kier molecular flexibility index (Phi) is 4.06. The normalized spacial score (nSPS) is 10.6. The molecule has 3 rings (SSSR count). The number of aromatic nitrogens is 1. The first-order valence-electron chi connectivity index (χ1n) is 7.01. The van der Waals surface area contributed by atoms with Gasteiger partial charge in [0.05, 0.1) is 22.1 Å². The summed E-state index contributed by atoms with van der Waals surface area (Å²) in [7, 11) is 3.54. The van der Waals surface area contributed by atoms with Crippen LogP contribution in [-0.4, -0.2) is 29.9 Å². The number of likely N-dealkylation sites (N-methyl/N-ethyl adjacent to an activating group) is 1. The fourth-order valence-electron chi connectivity index (χ4n) is 2.14. The highest BCUT2D eigenvalue weighted by molar-refractivity contribution is 7.16. The van der Waals surface area contributed by atoms with Crippen LogP contribution in [-0.2, 0) is 11.2 Å². The van der Waals surface area contributed by atoms with Crippen LogP contribution in [0.3, 0.4) is 0 Å². The first kappa shape index (κ1) is 14.5. The molecule has 0 spiro atoms. The predicted molar refractivity (Wildman–Crippen MR) is 91.7 cm³/mol. The van der Waals surface area contributed by atoms with E-state index in [1.54, 1.807) is 30.3 Å². The summed E-state index contributed by atoms with van der Waals surface area (Å²) in [5, 5.41) is 3.36. The van der Waals surface area contributed by atoms with Gasteiger partial charge in [-0.3, -0.25) is 4.79 Å². The molecule has 0 aliphatic carbocycles. The molecule has 1 amide bonds. The maximum Gasteiger partial charge on any atom is 0.226 e. The van der Waals surface area contributed by atoms with Crippen LogP contribution in [0.1, 0.15) is 5.56 Å². The molecule has 0 aliphatic heterocycles. The molecule has 0 fully saturated rings. The second-order valence-electron chi connectivity index (χ2n) is 5.32. The smallest absolute Gasteiger partial charge is 0.226 e. The average molecular weight is 311 g/mol. The molecule has 1 heterocycles. The highest BCUT2D eigenvalue weighted by Gasteiger charge is 2.05. The number of thiazole rings is 1. The molecule has 3 aromatic rings. The van der Waals surface area contributed by atoms with E-state index in [2.05, 4.69) is 16.4 Å². The largest absolute Gasteiger partial charge is 0.355 e. The first-order valence-corrected chi connectivity index (χ1v) is 7.89. The second kappa shape index (κ2) is 6.15. The van der Waals surface area contributed by atoms with Crippen LogP contribution in [0.25, 0.3) is 10.2 Å². The van der Waals surface area contributed by atoms with E-state index in [0.717, 1.165) is 22.5 Å². The number of rotatable bonds is 4. The van der Waals surface area contributed by atoms with Crippen molar-refractivity contribution in [1.29, 1.82) is 0 Å². The number of fused-ring (bicyclic) bond motifs is 1. The summed E-state index contributed by atoms with van der Waals surface area (Å²) in [5.41, 5.74) is 5.87. The van der Waals surface area contributed by atoms with Crippen molar-refractivity contribution in [3.63, 3.8) is 0 Å². The SMILES string of the molecule is CN(C)C(=O)Cc1ccc(Nc2ccc3scnc3c2)cc1. The topological polar surface area (TPSA) is 45.2 Å². The van der Waals surface area contributed by atoms with Gasteiger partial charge in [-0.05, 0) is 35.9 Å². The number of nitrogens with zero attached hydrogens (tertiary/aromatic N) is 2. The molecular formula is C17H17N3OS. The predicted octanol–water partition coefficient (Wildman–Crippen LogP) is 3.67. The quantitative estimate of drug-likeness (QED) is 0.799. The van der Waals surface area contributed by atoms with E-state index in [9.17, 15) is 4.79 Å². The minimum absolute atomic E-state index is 0.106. The molecule has 4 nitrogen and oxygen atoms in total. The molecule has 0 bridgehead atoms. The summed E-state index contributed by atoms with van der Waals surface area (Å²) in [6, 6.07) is 14.1. The monoisotopic (exact) mass is 311 g/mol. The molecule has 0 saturated heterocycles. The van der Waals surface area contributed by atoms with Gasteiger partial charge in [-0.2, -0.15) is 0 Å². The fourth-order valence-corrected chi connectivity index (χ4v) is 2.80. The third-order valence-corrected chi connectivity index (χ3v) is 4.24. The lowest BCUT2D eigenvalue weighted by Gasteiger charge is -2.11. The summed E-state index contributed by atoms with van der Waals surface area (Å²) in [6.07, 6.45) is 0.429. The Balaban J connectivity index is 1.71. The molecule has 0 aliphatic rings. The number of amides is 1. The van der Waals surface area contributed by atoms with Gasteiger partial charge >= 0.3 is 0 Å². The molecule has 0 saturated carbocycles. The molecule has 1 N–H and O–H groups in total. The Morgan fingerprint density at radius 1 is 1.14 bits per heavy atom. The Morgan fingerprint density at radius 3 is 2.59 bits per heavy atom. The Bertz CT molecular complexity index is 793. The molecule has 1 aromatic heterocycles. The van der Waals surface area contributed by atoms with E-state index < -0.39 is 0 Å². The highest BCUT2D eigenvalue weighted by atomic mass is 32.1. The zero-order valence-corrected chi connectivity index (χ0v) is 13.4. The second-order valence-corrected chi connectivity index (χ2v) is 6.21. The van der Waals surface area contributed by atoms with Gasteiger partial charge in [0, 0.05) is 25.5 Å². The third-order valence-electron chi connectivity index (χ3n) is 3.43. The molecule has 0 atom stereocenters. The zero-order chi connectivity index (χ0) is 15.5. The van der Waals surface area contributed by atoms with E-state index in [0.29, 0.717) is 6.42 Å². The van der Waals surface area contributed by atoms with Crippen LogP contribution in [0.5, 0.6) is 0 Å². The van der Waals surface area contributed by atoms with Crippen molar-refractivity contribution in [1.82, 2.24) is 9.88 Å². The molecule has 0 unspecified atom stereocenters. The van der Waals surface area contributed by atoms with Crippen molar-refractivity contribution in [3.05, 3.63) is 53.5 Å². The van der Waals surface area contributed by atoms with E-state index in [4.69, 9.17) is 0 Å². The van der Waals surface area contributed by atoms with Gasteiger partial charge in [0.25, 0.3) is 0 Å². The summed E-state index contributed by atoms with van der Waals surface area (Å²) in [4.78, 5) is 17.6. The first-order chi connectivity index (χ1) is 10.6. The number of carbonyl (C=O) groups excluding carboxylic acids is 1. The van der Waals surface area contributed by atoms with Crippen LogP contribution in [0.2, 0.25) is 0 Å². The molecular weight excluding hydrogens is 294 g/mol. The summed E-state index contributed by atoms with van der Waals surface area (Å²) in [6.45, 7) is 0. The van der Waals surface area contributed by atoms with Gasteiger partial charge < -0.3 is 10.2 Å². The minimum atomic E-state index is 0.106. The van der Waals surface area contributed by atoms with E-state index in [-0.39, 0.29) is 5.91 Å². The van der Waals surface area contributed by atoms with Crippen molar-refractivity contribution in [2.45, 2.75) is 6.42 Å². The Hall–Kier alpha value is -2.40. The number of anilines is 2. The Morgan fingerprint density at radius 2 is 1.86 bits per heavy atom. The van der Waals surface area contributed by atoms with Gasteiger partial charge in [0.15, 0.2) is 0 Å². The number of nitrogens with one attached hydrogen (secondary N) is 1.